The first kappa shape index (κ1) is 24.8. The summed E-state index contributed by atoms with van der Waals surface area (Å²) < 4.78 is 5.69. The van der Waals surface area contributed by atoms with E-state index < -0.39 is 0 Å². The predicted molar refractivity (Wildman–Crippen MR) is 134 cm³/mol. The number of aliphatic imine (C=N–C) groups is 1. The van der Waals surface area contributed by atoms with Crippen LogP contribution in [0.3, 0.4) is 0 Å². The van der Waals surface area contributed by atoms with Crippen LogP contribution in [0.4, 0.5) is 0 Å². The molecular weight excluding hydrogens is 400 g/mol. The number of nitrogens with zero attached hydrogens (tertiary/aromatic N) is 4. The number of likely N-dealkylation sites (tertiary alicyclic amines) is 1. The van der Waals surface area contributed by atoms with E-state index >= 15 is 0 Å². The first-order valence-corrected chi connectivity index (χ1v) is 12.5. The van der Waals surface area contributed by atoms with E-state index in [1.54, 1.807) is 7.11 Å². The van der Waals surface area contributed by atoms with Gasteiger partial charge in [0, 0.05) is 50.9 Å². The number of likely N-dealkylation sites (N-methyl/N-ethyl adjacent to an activating group) is 1. The summed E-state index contributed by atoms with van der Waals surface area (Å²) in [6.07, 6.45) is 2.53. The SMILES string of the molecule is CCNC(=NCC(C)N1CCN(CC)CC1)NCC(c1ccccc1OC)N1CCCC1. The lowest BCUT2D eigenvalue weighted by Crippen LogP contribution is -2.50. The summed E-state index contributed by atoms with van der Waals surface area (Å²) >= 11 is 0. The fourth-order valence-electron chi connectivity index (χ4n) is 4.83. The van der Waals surface area contributed by atoms with Crippen LogP contribution >= 0.6 is 0 Å². The Morgan fingerprint density at radius 2 is 1.72 bits per heavy atom. The molecule has 0 spiro atoms. The summed E-state index contributed by atoms with van der Waals surface area (Å²) in [7, 11) is 1.76. The molecule has 2 atom stereocenters. The van der Waals surface area contributed by atoms with Gasteiger partial charge in [0.25, 0.3) is 0 Å². The van der Waals surface area contributed by atoms with Gasteiger partial charge in [-0.25, -0.2) is 0 Å². The van der Waals surface area contributed by atoms with Crippen LogP contribution in [0.5, 0.6) is 5.75 Å². The molecule has 0 radical (unpaired) electrons. The Kier molecular flexibility index (Phi) is 10.1. The molecular formula is C25H44N6O. The van der Waals surface area contributed by atoms with Crippen LogP contribution in [0.15, 0.2) is 29.3 Å². The van der Waals surface area contributed by atoms with Crippen LogP contribution in [-0.2, 0) is 0 Å². The molecule has 0 aromatic heterocycles. The summed E-state index contributed by atoms with van der Waals surface area (Å²) in [6.45, 7) is 17.2. The highest BCUT2D eigenvalue weighted by Crippen LogP contribution is 2.31. The highest BCUT2D eigenvalue weighted by atomic mass is 16.5. The number of para-hydroxylation sites is 1. The number of hydrogen-bond acceptors (Lipinski definition) is 5. The maximum absolute atomic E-state index is 5.69. The second kappa shape index (κ2) is 13.0. The second-order valence-electron chi connectivity index (χ2n) is 8.92. The van der Waals surface area contributed by atoms with E-state index in [0.717, 1.165) is 64.1 Å². The zero-order valence-electron chi connectivity index (χ0n) is 20.6. The first-order valence-electron chi connectivity index (χ1n) is 12.5. The molecule has 2 unspecified atom stereocenters. The van der Waals surface area contributed by atoms with Crippen LogP contribution in [0, 0.1) is 0 Å². The van der Waals surface area contributed by atoms with Crippen molar-refractivity contribution in [2.45, 2.75) is 45.7 Å². The lowest BCUT2D eigenvalue weighted by molar-refractivity contribution is 0.109. The van der Waals surface area contributed by atoms with Crippen LogP contribution in [0.1, 0.15) is 45.2 Å². The fourth-order valence-corrected chi connectivity index (χ4v) is 4.83. The molecule has 1 aromatic carbocycles. The lowest BCUT2D eigenvalue weighted by Gasteiger charge is -2.37. The van der Waals surface area contributed by atoms with Gasteiger partial charge in [0.05, 0.1) is 19.7 Å². The average Bonchev–Trinajstić information content (AvgIpc) is 3.37. The molecule has 7 nitrogen and oxygen atoms in total. The second-order valence-corrected chi connectivity index (χ2v) is 8.92. The smallest absolute Gasteiger partial charge is 0.191 e. The van der Waals surface area contributed by atoms with Gasteiger partial charge in [0.2, 0.25) is 0 Å². The molecule has 180 valence electrons. The third-order valence-corrected chi connectivity index (χ3v) is 6.88. The van der Waals surface area contributed by atoms with Crippen molar-refractivity contribution in [2.24, 2.45) is 4.99 Å². The highest BCUT2D eigenvalue weighted by molar-refractivity contribution is 5.79. The molecule has 1 aromatic rings. The largest absolute Gasteiger partial charge is 0.496 e. The summed E-state index contributed by atoms with van der Waals surface area (Å²) in [4.78, 5) is 12.6. The minimum absolute atomic E-state index is 0.275. The number of rotatable bonds is 10. The standard InChI is InChI=1S/C25H44N6O/c1-5-26-25(27-19-21(3)30-17-15-29(6-2)16-18-30)28-20-23(31-13-9-10-14-31)22-11-7-8-12-24(22)32-4/h7-8,11-12,21,23H,5-6,9-10,13-20H2,1-4H3,(H2,26,27,28). The lowest BCUT2D eigenvalue weighted by atomic mass is 10.0. The number of nitrogens with one attached hydrogen (secondary N) is 2. The van der Waals surface area contributed by atoms with Crippen LogP contribution < -0.4 is 15.4 Å². The molecule has 0 saturated carbocycles. The van der Waals surface area contributed by atoms with E-state index in [-0.39, 0.29) is 6.04 Å². The van der Waals surface area contributed by atoms with Crippen molar-refractivity contribution in [1.29, 1.82) is 0 Å². The Morgan fingerprint density at radius 1 is 1.00 bits per heavy atom. The number of benzene rings is 1. The van der Waals surface area contributed by atoms with E-state index in [4.69, 9.17) is 9.73 Å². The third kappa shape index (κ3) is 6.83. The maximum Gasteiger partial charge on any atom is 0.191 e. The van der Waals surface area contributed by atoms with E-state index in [9.17, 15) is 0 Å². The normalized spacial score (nSPS) is 20.8. The maximum atomic E-state index is 5.69. The summed E-state index contributed by atoms with van der Waals surface area (Å²) in [6, 6.07) is 9.15. The van der Waals surface area contributed by atoms with Crippen molar-refractivity contribution in [3.05, 3.63) is 29.8 Å². The molecule has 2 N–H and O–H groups in total. The number of hydrogen-bond donors (Lipinski definition) is 2. The van der Waals surface area contributed by atoms with Crippen LogP contribution in [0.25, 0.3) is 0 Å². The Labute approximate surface area is 195 Å². The molecule has 0 bridgehead atoms. The van der Waals surface area contributed by atoms with Gasteiger partial charge in [0.15, 0.2) is 5.96 Å². The number of methoxy groups -OCH3 is 1. The van der Waals surface area contributed by atoms with Crippen molar-refractivity contribution in [3.8, 4) is 5.75 Å². The van der Waals surface area contributed by atoms with Crippen molar-refractivity contribution in [2.75, 3.05) is 72.6 Å². The zero-order chi connectivity index (χ0) is 22.8. The summed E-state index contributed by atoms with van der Waals surface area (Å²) in [5, 5.41) is 7.08. The zero-order valence-corrected chi connectivity index (χ0v) is 20.6. The molecule has 2 fully saturated rings. The Balaban J connectivity index is 1.62. The minimum Gasteiger partial charge on any atom is -0.496 e. The highest BCUT2D eigenvalue weighted by Gasteiger charge is 2.26. The minimum atomic E-state index is 0.275. The third-order valence-electron chi connectivity index (χ3n) is 6.88. The van der Waals surface area contributed by atoms with Gasteiger partial charge < -0.3 is 20.3 Å². The van der Waals surface area contributed by atoms with Crippen molar-refractivity contribution < 1.29 is 4.74 Å². The first-order chi connectivity index (χ1) is 15.7. The topological polar surface area (TPSA) is 55.4 Å². The van der Waals surface area contributed by atoms with E-state index in [1.807, 2.05) is 6.07 Å². The van der Waals surface area contributed by atoms with Crippen molar-refractivity contribution >= 4 is 5.96 Å². The molecule has 32 heavy (non-hydrogen) atoms. The number of ether oxygens (including phenoxy) is 1. The molecule has 0 aliphatic carbocycles. The quantitative estimate of drug-likeness (QED) is 0.427. The number of piperazine rings is 1. The van der Waals surface area contributed by atoms with Gasteiger partial charge in [0.1, 0.15) is 5.75 Å². The Bertz CT molecular complexity index is 697. The van der Waals surface area contributed by atoms with Gasteiger partial charge in [-0.3, -0.25) is 14.8 Å². The summed E-state index contributed by atoms with van der Waals surface area (Å²) in [5.74, 6) is 1.87. The summed E-state index contributed by atoms with van der Waals surface area (Å²) in [5.41, 5.74) is 1.25. The average molecular weight is 445 g/mol. The molecule has 0 amide bonds. The molecule has 2 aliphatic heterocycles. The Hall–Kier alpha value is -1.83. The molecule has 2 aliphatic rings. The van der Waals surface area contributed by atoms with Crippen molar-refractivity contribution in [3.63, 3.8) is 0 Å². The Morgan fingerprint density at radius 3 is 2.38 bits per heavy atom. The van der Waals surface area contributed by atoms with Gasteiger partial charge in [-0.15, -0.1) is 0 Å². The number of guanidine groups is 1. The van der Waals surface area contributed by atoms with E-state index in [1.165, 1.54) is 31.5 Å². The van der Waals surface area contributed by atoms with Crippen molar-refractivity contribution in [1.82, 2.24) is 25.3 Å². The molecule has 3 rings (SSSR count). The molecule has 2 saturated heterocycles. The van der Waals surface area contributed by atoms with Crippen LogP contribution in [0.2, 0.25) is 0 Å². The van der Waals surface area contributed by atoms with E-state index in [0.29, 0.717) is 6.04 Å². The van der Waals surface area contributed by atoms with Gasteiger partial charge in [-0.2, -0.15) is 0 Å². The van der Waals surface area contributed by atoms with E-state index in [2.05, 4.69) is 64.3 Å². The predicted octanol–water partition coefficient (Wildman–Crippen LogP) is 2.41. The van der Waals surface area contributed by atoms with Gasteiger partial charge >= 0.3 is 0 Å². The molecule has 2 heterocycles. The van der Waals surface area contributed by atoms with Crippen LogP contribution in [-0.4, -0.2) is 99.3 Å². The van der Waals surface area contributed by atoms with Gasteiger partial charge in [-0.05, 0) is 52.4 Å². The monoisotopic (exact) mass is 444 g/mol. The van der Waals surface area contributed by atoms with Gasteiger partial charge in [-0.1, -0.05) is 25.1 Å². The molecule has 7 heteroatoms. The fraction of sp³-hybridized carbons (Fsp3) is 0.720.